The Hall–Kier alpha value is -1.14. The molecule has 0 bridgehead atoms. The number of aliphatic hydroxyl groups excluding tert-OH is 1. The first-order valence-electron chi connectivity index (χ1n) is 22.2. The number of hydrogen-bond donors (Lipinski definition) is 1. The highest BCUT2D eigenvalue weighted by Crippen LogP contribution is 2.19. The summed E-state index contributed by atoms with van der Waals surface area (Å²) in [4.78, 5) is 27.6. The van der Waals surface area contributed by atoms with Gasteiger partial charge < -0.3 is 19.5 Å². The van der Waals surface area contributed by atoms with Gasteiger partial charge in [0.25, 0.3) is 0 Å². The van der Waals surface area contributed by atoms with Crippen LogP contribution >= 0.6 is 0 Å². The SMILES string of the molecule is CCCCCCCCC(CCCC)OC(=O)CCCN(CCO)CCCCCCCC(=O)OC(CCCCCCCC)CCCCCCCC. The van der Waals surface area contributed by atoms with E-state index in [0.717, 1.165) is 96.6 Å². The van der Waals surface area contributed by atoms with E-state index in [0.29, 0.717) is 19.4 Å². The molecule has 0 amide bonds. The maximum Gasteiger partial charge on any atom is 0.306 e. The van der Waals surface area contributed by atoms with Crippen LogP contribution in [0.2, 0.25) is 0 Å². The molecule has 0 aliphatic rings. The van der Waals surface area contributed by atoms with Crippen molar-refractivity contribution in [3.05, 3.63) is 0 Å². The van der Waals surface area contributed by atoms with Crippen molar-refractivity contribution in [1.29, 1.82) is 0 Å². The third kappa shape index (κ3) is 34.0. The van der Waals surface area contributed by atoms with E-state index >= 15 is 0 Å². The first-order chi connectivity index (χ1) is 24.5. The van der Waals surface area contributed by atoms with Gasteiger partial charge in [-0.15, -0.1) is 0 Å². The molecule has 0 spiro atoms. The molecule has 0 aromatic rings. The summed E-state index contributed by atoms with van der Waals surface area (Å²) in [5, 5.41) is 9.59. The molecule has 0 radical (unpaired) electrons. The van der Waals surface area contributed by atoms with Crippen LogP contribution in [-0.2, 0) is 19.1 Å². The van der Waals surface area contributed by atoms with E-state index in [1.807, 2.05) is 0 Å². The van der Waals surface area contributed by atoms with Crippen LogP contribution in [-0.4, -0.2) is 60.4 Å². The smallest absolute Gasteiger partial charge is 0.306 e. The number of ether oxygens (including phenoxy) is 2. The molecule has 6 nitrogen and oxygen atoms in total. The lowest BCUT2D eigenvalue weighted by Crippen LogP contribution is -2.29. The van der Waals surface area contributed by atoms with Gasteiger partial charge in [0, 0.05) is 19.4 Å². The lowest BCUT2D eigenvalue weighted by Gasteiger charge is -2.22. The first-order valence-corrected chi connectivity index (χ1v) is 22.2. The summed E-state index contributed by atoms with van der Waals surface area (Å²) < 4.78 is 11.9. The Bertz CT molecular complexity index is 701. The van der Waals surface area contributed by atoms with Gasteiger partial charge in [-0.1, -0.05) is 156 Å². The number of aliphatic hydroxyl groups is 1. The average Bonchev–Trinajstić information content (AvgIpc) is 3.10. The Morgan fingerprint density at radius 2 is 0.760 bits per heavy atom. The molecule has 0 heterocycles. The predicted octanol–water partition coefficient (Wildman–Crippen LogP) is 12.7. The first kappa shape index (κ1) is 48.9. The third-order valence-electron chi connectivity index (χ3n) is 10.2. The molecule has 0 fully saturated rings. The van der Waals surface area contributed by atoms with Gasteiger partial charge in [0.2, 0.25) is 0 Å². The van der Waals surface area contributed by atoms with Gasteiger partial charge in [-0.2, -0.15) is 0 Å². The Kier molecular flexibility index (Phi) is 38.2. The molecule has 1 N–H and O–H groups in total. The van der Waals surface area contributed by atoms with Gasteiger partial charge in [0.05, 0.1) is 6.61 Å². The van der Waals surface area contributed by atoms with Crippen molar-refractivity contribution in [3.63, 3.8) is 0 Å². The topological polar surface area (TPSA) is 76.1 Å². The van der Waals surface area contributed by atoms with E-state index in [9.17, 15) is 14.7 Å². The fourth-order valence-corrected chi connectivity index (χ4v) is 6.96. The lowest BCUT2D eigenvalue weighted by molar-refractivity contribution is -0.151. The molecule has 6 heteroatoms. The number of esters is 2. The van der Waals surface area contributed by atoms with E-state index in [1.165, 1.54) is 109 Å². The van der Waals surface area contributed by atoms with Crippen LogP contribution in [0.25, 0.3) is 0 Å². The van der Waals surface area contributed by atoms with E-state index in [4.69, 9.17) is 9.47 Å². The minimum absolute atomic E-state index is 0.00120. The van der Waals surface area contributed by atoms with Gasteiger partial charge >= 0.3 is 11.9 Å². The summed E-state index contributed by atoms with van der Waals surface area (Å²) in [5.74, 6) is -0.0607. The quantitative estimate of drug-likeness (QED) is 0.0504. The molecule has 50 heavy (non-hydrogen) atoms. The lowest BCUT2D eigenvalue weighted by atomic mass is 10.0. The molecule has 0 saturated heterocycles. The summed E-state index contributed by atoms with van der Waals surface area (Å²) in [6.07, 6.45) is 36.4. The molecule has 298 valence electrons. The number of carbonyl (C=O) groups excluding carboxylic acids is 2. The van der Waals surface area contributed by atoms with E-state index in [2.05, 4.69) is 32.6 Å². The minimum Gasteiger partial charge on any atom is -0.462 e. The van der Waals surface area contributed by atoms with Crippen molar-refractivity contribution in [3.8, 4) is 0 Å². The second-order valence-electron chi connectivity index (χ2n) is 15.2. The van der Waals surface area contributed by atoms with Crippen molar-refractivity contribution in [2.45, 2.75) is 245 Å². The summed E-state index contributed by atoms with van der Waals surface area (Å²) in [7, 11) is 0. The van der Waals surface area contributed by atoms with Gasteiger partial charge in [0.1, 0.15) is 12.2 Å². The van der Waals surface area contributed by atoms with E-state index in [1.54, 1.807) is 0 Å². The molecule has 0 saturated carbocycles. The highest BCUT2D eigenvalue weighted by molar-refractivity contribution is 5.69. The Labute approximate surface area is 312 Å². The Morgan fingerprint density at radius 3 is 1.20 bits per heavy atom. The van der Waals surface area contributed by atoms with Gasteiger partial charge in [-0.25, -0.2) is 0 Å². The van der Waals surface area contributed by atoms with Crippen LogP contribution < -0.4 is 0 Å². The molecular weight excluding hydrogens is 622 g/mol. The monoisotopic (exact) mass is 710 g/mol. The number of unbranched alkanes of at least 4 members (excludes halogenated alkanes) is 20. The highest BCUT2D eigenvalue weighted by atomic mass is 16.5. The Morgan fingerprint density at radius 1 is 0.420 bits per heavy atom. The average molecular weight is 710 g/mol. The Balaban J connectivity index is 4.27. The van der Waals surface area contributed by atoms with Crippen LogP contribution in [0.15, 0.2) is 0 Å². The molecule has 0 rings (SSSR count). The van der Waals surface area contributed by atoms with Crippen molar-refractivity contribution in [2.24, 2.45) is 0 Å². The minimum atomic E-state index is -0.0595. The molecule has 1 unspecified atom stereocenters. The molecule has 0 aromatic heterocycles. The fourth-order valence-electron chi connectivity index (χ4n) is 6.96. The number of nitrogens with zero attached hydrogens (tertiary/aromatic N) is 1. The fraction of sp³-hybridized carbons (Fsp3) is 0.955. The molecule has 0 aliphatic carbocycles. The second-order valence-corrected chi connectivity index (χ2v) is 15.2. The van der Waals surface area contributed by atoms with Crippen molar-refractivity contribution in [2.75, 3.05) is 26.2 Å². The highest BCUT2D eigenvalue weighted by Gasteiger charge is 2.16. The van der Waals surface area contributed by atoms with Crippen molar-refractivity contribution < 1.29 is 24.2 Å². The standard InChI is InChI=1S/C44H87NO5/c1-5-9-13-16-20-25-32-41(31-12-8-4)49-44(48)36-30-38-45(39-40-46)37-29-24-19-23-28-35-43(47)50-42(33-26-21-17-14-10-6-2)34-27-22-18-15-11-7-3/h41-42,46H,5-40H2,1-4H3. The summed E-state index contributed by atoms with van der Waals surface area (Å²) in [5.41, 5.74) is 0. The maximum atomic E-state index is 12.7. The van der Waals surface area contributed by atoms with Crippen LogP contribution in [0.5, 0.6) is 0 Å². The zero-order valence-corrected chi connectivity index (χ0v) is 34.1. The molecule has 0 aromatic carbocycles. The normalized spacial score (nSPS) is 12.2. The van der Waals surface area contributed by atoms with Crippen LogP contribution in [0.4, 0.5) is 0 Å². The summed E-state index contributed by atoms with van der Waals surface area (Å²) in [6, 6.07) is 0. The number of rotatable bonds is 40. The van der Waals surface area contributed by atoms with Gasteiger partial charge in [-0.3, -0.25) is 9.59 Å². The van der Waals surface area contributed by atoms with E-state index in [-0.39, 0.29) is 30.8 Å². The predicted molar refractivity (Wildman–Crippen MR) is 214 cm³/mol. The van der Waals surface area contributed by atoms with Crippen LogP contribution in [0.1, 0.15) is 233 Å². The largest absolute Gasteiger partial charge is 0.462 e. The van der Waals surface area contributed by atoms with Crippen molar-refractivity contribution in [1.82, 2.24) is 4.90 Å². The molecule has 1 atom stereocenters. The number of hydrogen-bond acceptors (Lipinski definition) is 6. The third-order valence-corrected chi connectivity index (χ3v) is 10.2. The van der Waals surface area contributed by atoms with Crippen LogP contribution in [0, 0.1) is 0 Å². The summed E-state index contributed by atoms with van der Waals surface area (Å²) >= 11 is 0. The van der Waals surface area contributed by atoms with E-state index < -0.39 is 0 Å². The maximum absolute atomic E-state index is 12.7. The molecule has 0 aliphatic heterocycles. The summed E-state index contributed by atoms with van der Waals surface area (Å²) in [6.45, 7) is 11.5. The van der Waals surface area contributed by atoms with Crippen LogP contribution in [0.3, 0.4) is 0 Å². The van der Waals surface area contributed by atoms with Crippen molar-refractivity contribution >= 4 is 11.9 Å². The zero-order valence-electron chi connectivity index (χ0n) is 34.1. The van der Waals surface area contributed by atoms with Gasteiger partial charge in [-0.05, 0) is 77.3 Å². The number of carbonyl (C=O) groups is 2. The van der Waals surface area contributed by atoms with Gasteiger partial charge in [0.15, 0.2) is 0 Å². The molecular formula is C44H87NO5. The second kappa shape index (κ2) is 39.1. The zero-order chi connectivity index (χ0) is 36.8.